The van der Waals surface area contributed by atoms with Gasteiger partial charge >= 0.3 is 6.03 Å². The lowest BCUT2D eigenvalue weighted by Crippen LogP contribution is -2.41. The zero-order chi connectivity index (χ0) is 22.6. The highest BCUT2D eigenvalue weighted by atomic mass is 32.1. The molecule has 2 aromatic carbocycles. The lowest BCUT2D eigenvalue weighted by atomic mass is 10.2. The highest BCUT2D eigenvalue weighted by molar-refractivity contribution is 7.15. The highest BCUT2D eigenvalue weighted by Gasteiger charge is 2.23. The van der Waals surface area contributed by atoms with Crippen molar-refractivity contribution in [1.82, 2.24) is 14.3 Å². The smallest absolute Gasteiger partial charge is 0.321 e. The maximum atomic E-state index is 13.2. The maximum Gasteiger partial charge on any atom is 0.321 e. The van der Waals surface area contributed by atoms with Gasteiger partial charge in [0.25, 0.3) is 0 Å². The Hall–Kier alpha value is -3.16. The number of hydrogen-bond acceptors (Lipinski definition) is 4. The van der Waals surface area contributed by atoms with Crippen molar-refractivity contribution in [1.29, 1.82) is 0 Å². The molecule has 1 atom stereocenters. The highest BCUT2D eigenvalue weighted by Crippen LogP contribution is 2.24. The number of carbonyl (C=O) groups excluding carboxylic acids is 1. The molecule has 0 spiro atoms. The molecule has 1 aliphatic rings. The molecule has 0 bridgehead atoms. The van der Waals surface area contributed by atoms with Crippen molar-refractivity contribution in [3.05, 3.63) is 77.4 Å². The molecule has 6 nitrogen and oxygen atoms in total. The van der Waals surface area contributed by atoms with Crippen molar-refractivity contribution < 1.29 is 9.53 Å². The van der Waals surface area contributed by atoms with Gasteiger partial charge in [0.1, 0.15) is 0 Å². The topological polar surface area (TPSA) is 58.9 Å². The molecule has 2 aromatic heterocycles. The number of hydrogen-bond donors (Lipinski definition) is 1. The van der Waals surface area contributed by atoms with Crippen molar-refractivity contribution >= 4 is 28.0 Å². The third kappa shape index (κ3) is 4.94. The molecule has 7 heteroatoms. The van der Waals surface area contributed by atoms with Gasteiger partial charge in [0.2, 0.25) is 0 Å². The molecule has 3 heterocycles. The number of nitrogens with one attached hydrogen (secondary N) is 1. The number of rotatable bonds is 7. The van der Waals surface area contributed by atoms with E-state index in [0.717, 1.165) is 59.0 Å². The number of aromatic nitrogens is 2. The number of carbonyl (C=O) groups is 1. The van der Waals surface area contributed by atoms with Gasteiger partial charge < -0.3 is 15.0 Å². The number of para-hydroxylation sites is 1. The number of urea groups is 1. The van der Waals surface area contributed by atoms with Crippen LogP contribution in [0.1, 0.15) is 24.1 Å². The van der Waals surface area contributed by atoms with E-state index in [1.165, 1.54) is 0 Å². The van der Waals surface area contributed by atoms with Gasteiger partial charge in [0.15, 0.2) is 4.96 Å². The molecule has 1 saturated heterocycles. The molecule has 4 aromatic rings. The van der Waals surface area contributed by atoms with Crippen LogP contribution in [-0.4, -0.2) is 46.1 Å². The van der Waals surface area contributed by atoms with E-state index < -0.39 is 0 Å². The van der Waals surface area contributed by atoms with Gasteiger partial charge in [-0.25, -0.2) is 9.78 Å². The first-order valence-corrected chi connectivity index (χ1v) is 12.3. The second kappa shape index (κ2) is 9.77. The van der Waals surface area contributed by atoms with Crippen molar-refractivity contribution in [2.75, 3.05) is 25.0 Å². The predicted molar refractivity (Wildman–Crippen MR) is 133 cm³/mol. The minimum atomic E-state index is -0.0816. The molecule has 0 aliphatic carbocycles. The first-order chi connectivity index (χ1) is 16.2. The van der Waals surface area contributed by atoms with Gasteiger partial charge in [-0.05, 0) is 31.4 Å². The molecule has 170 valence electrons. The van der Waals surface area contributed by atoms with Crippen LogP contribution in [0.4, 0.5) is 10.5 Å². The summed E-state index contributed by atoms with van der Waals surface area (Å²) < 4.78 is 7.98. The van der Waals surface area contributed by atoms with E-state index >= 15 is 0 Å². The average Bonchev–Trinajstić information content (AvgIpc) is 3.57. The standard InChI is InChI=1S/C26H28N4O2S/c1-19-8-5-6-12-23(19)27-25(31)29(16-22-11-7-15-32-22)14-13-21-18-33-26-28-24(17-30(21)26)20-9-3-2-4-10-20/h2-6,8-10,12,17-18,22H,7,11,13-16H2,1H3,(H,27,31). The van der Waals surface area contributed by atoms with Crippen LogP contribution in [0, 0.1) is 6.92 Å². The Bertz CT molecular complexity index is 1230. The van der Waals surface area contributed by atoms with Crippen LogP contribution in [0.25, 0.3) is 16.2 Å². The van der Waals surface area contributed by atoms with Crippen LogP contribution in [0.2, 0.25) is 0 Å². The number of thiazole rings is 1. The molecule has 2 amide bonds. The quantitative estimate of drug-likeness (QED) is 0.389. The summed E-state index contributed by atoms with van der Waals surface area (Å²) in [5.74, 6) is 0. The van der Waals surface area contributed by atoms with Crippen LogP contribution in [-0.2, 0) is 11.2 Å². The third-order valence-corrected chi connectivity index (χ3v) is 7.00. The molecular formula is C26H28N4O2S. The monoisotopic (exact) mass is 460 g/mol. The second-order valence-electron chi connectivity index (χ2n) is 8.45. The number of anilines is 1. The van der Waals surface area contributed by atoms with Gasteiger partial charge in [-0.1, -0.05) is 48.5 Å². The van der Waals surface area contributed by atoms with Crippen LogP contribution in [0.5, 0.6) is 0 Å². The van der Waals surface area contributed by atoms with Crippen LogP contribution < -0.4 is 5.32 Å². The molecule has 33 heavy (non-hydrogen) atoms. The SMILES string of the molecule is Cc1ccccc1NC(=O)N(CCc1csc2nc(-c3ccccc3)cn12)CC1CCCO1. The lowest BCUT2D eigenvalue weighted by Gasteiger charge is -2.26. The summed E-state index contributed by atoms with van der Waals surface area (Å²) in [7, 11) is 0. The number of amides is 2. The normalized spacial score (nSPS) is 15.7. The minimum absolute atomic E-state index is 0.0816. The van der Waals surface area contributed by atoms with Crippen LogP contribution in [0.3, 0.4) is 0 Å². The summed E-state index contributed by atoms with van der Waals surface area (Å²) in [6.45, 7) is 4.00. The Labute approximate surface area is 197 Å². The van der Waals surface area contributed by atoms with Crippen molar-refractivity contribution in [3.8, 4) is 11.3 Å². The molecule has 5 rings (SSSR count). The number of ether oxygens (including phenoxy) is 1. The van der Waals surface area contributed by atoms with E-state index in [0.29, 0.717) is 13.1 Å². The van der Waals surface area contributed by atoms with E-state index in [-0.39, 0.29) is 12.1 Å². The Morgan fingerprint density at radius 2 is 2.03 bits per heavy atom. The fourth-order valence-electron chi connectivity index (χ4n) is 4.22. The van der Waals surface area contributed by atoms with E-state index in [1.807, 2.05) is 54.3 Å². The summed E-state index contributed by atoms with van der Waals surface area (Å²) in [6.07, 6.45) is 5.00. The summed E-state index contributed by atoms with van der Waals surface area (Å²) in [5, 5.41) is 5.23. The zero-order valence-electron chi connectivity index (χ0n) is 18.7. The molecule has 0 radical (unpaired) electrons. The fraction of sp³-hybridized carbons (Fsp3) is 0.308. The van der Waals surface area contributed by atoms with Gasteiger partial charge in [-0.2, -0.15) is 0 Å². The van der Waals surface area contributed by atoms with Crippen molar-refractivity contribution in [2.45, 2.75) is 32.3 Å². The number of aryl methyl sites for hydroxylation is 1. The van der Waals surface area contributed by atoms with E-state index in [2.05, 4.69) is 33.4 Å². The first-order valence-electron chi connectivity index (χ1n) is 11.4. The summed E-state index contributed by atoms with van der Waals surface area (Å²) in [6, 6.07) is 18.0. The Balaban J connectivity index is 1.32. The molecule has 1 unspecified atom stereocenters. The van der Waals surface area contributed by atoms with Crippen molar-refractivity contribution in [2.24, 2.45) is 0 Å². The van der Waals surface area contributed by atoms with E-state index in [1.54, 1.807) is 11.3 Å². The van der Waals surface area contributed by atoms with Gasteiger partial charge in [0.05, 0.1) is 11.8 Å². The molecule has 0 saturated carbocycles. The van der Waals surface area contributed by atoms with E-state index in [4.69, 9.17) is 9.72 Å². The summed E-state index contributed by atoms with van der Waals surface area (Å²) in [4.78, 5) is 20.9. The van der Waals surface area contributed by atoms with Gasteiger partial charge in [-0.15, -0.1) is 11.3 Å². The number of imidazole rings is 1. The number of fused-ring (bicyclic) bond motifs is 1. The summed E-state index contributed by atoms with van der Waals surface area (Å²) >= 11 is 1.64. The van der Waals surface area contributed by atoms with Crippen LogP contribution in [0.15, 0.2) is 66.2 Å². The first kappa shape index (κ1) is 21.7. The largest absolute Gasteiger partial charge is 0.376 e. The lowest BCUT2D eigenvalue weighted by molar-refractivity contribution is 0.0838. The number of nitrogens with zero attached hydrogens (tertiary/aromatic N) is 3. The molecule has 1 N–H and O–H groups in total. The van der Waals surface area contributed by atoms with Gasteiger partial charge in [0, 0.05) is 54.6 Å². The summed E-state index contributed by atoms with van der Waals surface area (Å²) in [5.41, 5.74) is 5.13. The maximum absolute atomic E-state index is 13.2. The predicted octanol–water partition coefficient (Wildman–Crippen LogP) is 5.63. The number of benzene rings is 2. The second-order valence-corrected chi connectivity index (χ2v) is 9.28. The molecule has 1 fully saturated rings. The Kier molecular flexibility index (Phi) is 6.41. The third-order valence-electron chi connectivity index (χ3n) is 6.11. The fourth-order valence-corrected chi connectivity index (χ4v) is 5.13. The Morgan fingerprint density at radius 1 is 1.21 bits per heavy atom. The van der Waals surface area contributed by atoms with Crippen molar-refractivity contribution in [3.63, 3.8) is 0 Å². The zero-order valence-corrected chi connectivity index (χ0v) is 19.6. The van der Waals surface area contributed by atoms with Gasteiger partial charge in [-0.3, -0.25) is 4.40 Å². The molecular weight excluding hydrogens is 432 g/mol. The minimum Gasteiger partial charge on any atom is -0.376 e. The average molecular weight is 461 g/mol. The van der Waals surface area contributed by atoms with Crippen LogP contribution >= 0.6 is 11.3 Å². The van der Waals surface area contributed by atoms with E-state index in [9.17, 15) is 4.79 Å². The Morgan fingerprint density at radius 3 is 2.82 bits per heavy atom. The molecule has 1 aliphatic heterocycles.